The number of hydrogen-bond acceptors (Lipinski definition) is 5. The Bertz CT molecular complexity index is 396. The zero-order chi connectivity index (χ0) is 13.3. The Balaban J connectivity index is 1.59. The maximum Gasteiger partial charge on any atom is 0.185 e. The average molecular weight is 280 g/mol. The predicted molar refractivity (Wildman–Crippen MR) is 80.7 cm³/mol. The Morgan fingerprint density at radius 2 is 2.11 bits per heavy atom. The predicted octanol–water partition coefficient (Wildman–Crippen LogP) is 1.78. The smallest absolute Gasteiger partial charge is 0.185 e. The normalized spacial score (nSPS) is 24.4. The van der Waals surface area contributed by atoms with Crippen LogP contribution in [0.5, 0.6) is 0 Å². The van der Waals surface area contributed by atoms with E-state index in [1.807, 2.05) is 6.20 Å². The zero-order valence-electron chi connectivity index (χ0n) is 11.7. The lowest BCUT2D eigenvalue weighted by Crippen LogP contribution is -2.59. The molecule has 2 aliphatic rings. The second kappa shape index (κ2) is 5.38. The highest BCUT2D eigenvalue weighted by atomic mass is 32.1. The van der Waals surface area contributed by atoms with E-state index in [9.17, 15) is 0 Å². The fraction of sp³-hybridized carbons (Fsp3) is 0.786. The molecule has 4 nitrogen and oxygen atoms in total. The van der Waals surface area contributed by atoms with E-state index in [4.69, 9.17) is 5.73 Å². The molecule has 106 valence electrons. The van der Waals surface area contributed by atoms with Gasteiger partial charge in [0.2, 0.25) is 0 Å². The lowest BCUT2D eigenvalue weighted by atomic mass is 9.92. The van der Waals surface area contributed by atoms with Crippen molar-refractivity contribution in [2.45, 2.75) is 31.7 Å². The van der Waals surface area contributed by atoms with Crippen molar-refractivity contribution in [1.82, 2.24) is 9.88 Å². The molecular weight excluding hydrogens is 256 g/mol. The Morgan fingerprint density at radius 1 is 1.37 bits per heavy atom. The summed E-state index contributed by atoms with van der Waals surface area (Å²) >= 11 is 1.74. The molecule has 2 fully saturated rings. The summed E-state index contributed by atoms with van der Waals surface area (Å²) < 4.78 is 0. The van der Waals surface area contributed by atoms with Gasteiger partial charge in [-0.05, 0) is 19.3 Å². The molecule has 0 bridgehead atoms. The van der Waals surface area contributed by atoms with Gasteiger partial charge in [0.25, 0.3) is 0 Å². The molecule has 1 aromatic rings. The zero-order valence-corrected chi connectivity index (χ0v) is 12.5. The molecule has 1 unspecified atom stereocenters. The summed E-state index contributed by atoms with van der Waals surface area (Å²) in [6.07, 6.45) is 5.99. The first-order valence-electron chi connectivity index (χ1n) is 7.31. The van der Waals surface area contributed by atoms with Crippen molar-refractivity contribution in [3.63, 3.8) is 0 Å². The molecule has 3 rings (SSSR count). The largest absolute Gasteiger partial charge is 0.346 e. The van der Waals surface area contributed by atoms with Gasteiger partial charge in [0.05, 0.1) is 0 Å². The highest BCUT2D eigenvalue weighted by Gasteiger charge is 2.38. The van der Waals surface area contributed by atoms with Gasteiger partial charge in [0, 0.05) is 49.8 Å². The summed E-state index contributed by atoms with van der Waals surface area (Å²) in [6, 6.07) is 0. The fourth-order valence-corrected chi connectivity index (χ4v) is 3.79. The van der Waals surface area contributed by atoms with Crippen molar-refractivity contribution >= 4 is 16.5 Å². The summed E-state index contributed by atoms with van der Waals surface area (Å²) in [5.74, 6) is 0.936. The third kappa shape index (κ3) is 2.93. The minimum absolute atomic E-state index is 0.204. The van der Waals surface area contributed by atoms with E-state index in [0.29, 0.717) is 0 Å². The molecule has 2 N–H and O–H groups in total. The molecule has 0 aromatic carbocycles. The molecule has 1 saturated heterocycles. The lowest BCUT2D eigenvalue weighted by molar-refractivity contribution is 0.0890. The van der Waals surface area contributed by atoms with E-state index in [1.165, 1.54) is 19.3 Å². The van der Waals surface area contributed by atoms with E-state index in [0.717, 1.165) is 43.8 Å². The molecule has 1 atom stereocenters. The number of rotatable bonds is 5. The van der Waals surface area contributed by atoms with Gasteiger partial charge in [0.15, 0.2) is 5.13 Å². The first-order valence-corrected chi connectivity index (χ1v) is 8.19. The van der Waals surface area contributed by atoms with Crippen LogP contribution >= 0.6 is 11.3 Å². The number of nitrogens with two attached hydrogens (primary N) is 1. The number of aromatic nitrogens is 1. The second-order valence-corrected chi connectivity index (χ2v) is 7.01. The maximum atomic E-state index is 6.08. The Hall–Kier alpha value is -0.650. The van der Waals surface area contributed by atoms with E-state index in [2.05, 4.69) is 27.1 Å². The van der Waals surface area contributed by atoms with Gasteiger partial charge < -0.3 is 10.6 Å². The van der Waals surface area contributed by atoms with Crippen LogP contribution in [0, 0.1) is 5.92 Å². The molecule has 1 aliphatic carbocycles. The van der Waals surface area contributed by atoms with Crippen LogP contribution in [-0.2, 0) is 0 Å². The van der Waals surface area contributed by atoms with Crippen molar-refractivity contribution in [3.8, 4) is 0 Å². The van der Waals surface area contributed by atoms with Gasteiger partial charge in [0.1, 0.15) is 0 Å². The Morgan fingerprint density at radius 3 is 2.63 bits per heavy atom. The summed E-state index contributed by atoms with van der Waals surface area (Å²) in [5, 5.41) is 3.22. The van der Waals surface area contributed by atoms with Gasteiger partial charge in [-0.2, -0.15) is 0 Å². The molecule has 1 aliphatic heterocycles. The van der Waals surface area contributed by atoms with E-state index >= 15 is 0 Å². The van der Waals surface area contributed by atoms with E-state index < -0.39 is 0 Å². The minimum atomic E-state index is 0.204. The lowest BCUT2D eigenvalue weighted by Gasteiger charge is -2.45. The van der Waals surface area contributed by atoms with Crippen molar-refractivity contribution in [2.75, 3.05) is 37.6 Å². The Kier molecular flexibility index (Phi) is 3.78. The Labute approximate surface area is 119 Å². The average Bonchev–Trinajstić information content (AvgIpc) is 3.08. The van der Waals surface area contributed by atoms with Gasteiger partial charge in [-0.25, -0.2) is 4.98 Å². The topological polar surface area (TPSA) is 45.4 Å². The van der Waals surface area contributed by atoms with Gasteiger partial charge >= 0.3 is 0 Å². The molecule has 5 heteroatoms. The number of hydrogen-bond donors (Lipinski definition) is 1. The van der Waals surface area contributed by atoms with Gasteiger partial charge in [-0.15, -0.1) is 11.3 Å². The van der Waals surface area contributed by atoms with Crippen molar-refractivity contribution in [2.24, 2.45) is 11.7 Å². The van der Waals surface area contributed by atoms with Gasteiger partial charge in [-0.1, -0.05) is 12.8 Å². The molecule has 1 aromatic heterocycles. The molecular formula is C14H24N4S. The monoisotopic (exact) mass is 280 g/mol. The van der Waals surface area contributed by atoms with Crippen molar-refractivity contribution < 1.29 is 0 Å². The summed E-state index contributed by atoms with van der Waals surface area (Å²) in [5.41, 5.74) is 6.28. The maximum absolute atomic E-state index is 6.08. The number of nitrogens with zero attached hydrogens (tertiary/aromatic N) is 3. The highest BCUT2D eigenvalue weighted by Crippen LogP contribution is 2.39. The quantitative estimate of drug-likeness (QED) is 0.893. The standard InChI is InChI=1S/C14H24N4S/c1-14(11-15,10-12-2-3-12)18-7-5-17(6-8-18)13-16-4-9-19-13/h4,9,12H,2-3,5-8,10-11,15H2,1H3. The summed E-state index contributed by atoms with van der Waals surface area (Å²) in [7, 11) is 0. The molecule has 0 radical (unpaired) electrons. The fourth-order valence-electron chi connectivity index (χ4n) is 3.10. The van der Waals surface area contributed by atoms with Crippen LogP contribution in [-0.4, -0.2) is 48.1 Å². The van der Waals surface area contributed by atoms with Gasteiger partial charge in [-0.3, -0.25) is 4.90 Å². The molecule has 1 saturated carbocycles. The third-order valence-electron chi connectivity index (χ3n) is 4.60. The summed E-state index contributed by atoms with van der Waals surface area (Å²) in [6.45, 7) is 7.51. The number of anilines is 1. The van der Waals surface area contributed by atoms with E-state index in [1.54, 1.807) is 11.3 Å². The van der Waals surface area contributed by atoms with Crippen LogP contribution in [0.3, 0.4) is 0 Å². The number of piperazine rings is 1. The molecule has 2 heterocycles. The first kappa shape index (κ1) is 13.3. The van der Waals surface area contributed by atoms with Crippen LogP contribution in [0.1, 0.15) is 26.2 Å². The van der Waals surface area contributed by atoms with Crippen LogP contribution in [0.15, 0.2) is 11.6 Å². The first-order chi connectivity index (χ1) is 9.21. The molecule has 19 heavy (non-hydrogen) atoms. The highest BCUT2D eigenvalue weighted by molar-refractivity contribution is 7.13. The van der Waals surface area contributed by atoms with Crippen LogP contribution in [0.2, 0.25) is 0 Å². The minimum Gasteiger partial charge on any atom is -0.346 e. The third-order valence-corrected chi connectivity index (χ3v) is 5.43. The molecule has 0 amide bonds. The number of thiazole rings is 1. The SMILES string of the molecule is CC(CN)(CC1CC1)N1CCN(c2nccs2)CC1. The van der Waals surface area contributed by atoms with Crippen LogP contribution in [0.4, 0.5) is 5.13 Å². The van der Waals surface area contributed by atoms with Crippen LogP contribution < -0.4 is 10.6 Å². The van der Waals surface area contributed by atoms with Crippen molar-refractivity contribution in [3.05, 3.63) is 11.6 Å². The van der Waals surface area contributed by atoms with E-state index in [-0.39, 0.29) is 5.54 Å². The molecule has 0 spiro atoms. The van der Waals surface area contributed by atoms with Crippen LogP contribution in [0.25, 0.3) is 0 Å². The second-order valence-electron chi connectivity index (χ2n) is 6.14. The summed E-state index contributed by atoms with van der Waals surface area (Å²) in [4.78, 5) is 9.41. The van der Waals surface area contributed by atoms with Crippen molar-refractivity contribution in [1.29, 1.82) is 0 Å².